The number of anilines is 1. The molecule has 5 atom stereocenters. The van der Waals surface area contributed by atoms with E-state index in [2.05, 4.69) is 16.0 Å². The van der Waals surface area contributed by atoms with E-state index < -0.39 is 123 Å². The number of amides is 5. The fourth-order valence-electron chi connectivity index (χ4n) is 14.5. The van der Waals surface area contributed by atoms with Gasteiger partial charge in [-0.05, 0) is 155 Å². The number of carbonyl (C=O) groups is 6. The van der Waals surface area contributed by atoms with Gasteiger partial charge in [-0.15, -0.1) is 0 Å². The number of likely N-dealkylation sites (tertiary alicyclic amines) is 2. The van der Waals surface area contributed by atoms with Crippen molar-refractivity contribution in [2.45, 2.75) is 156 Å². The lowest BCUT2D eigenvalue weighted by Gasteiger charge is -2.27. The third-order valence-electron chi connectivity index (χ3n) is 20.1. The van der Waals surface area contributed by atoms with Crippen LogP contribution in [0, 0.1) is 11.8 Å². The van der Waals surface area contributed by atoms with Gasteiger partial charge in [0.2, 0.25) is 35.2 Å². The maximum Gasteiger partial charge on any atom is 0.475 e. The summed E-state index contributed by atoms with van der Waals surface area (Å²) >= 11 is 0. The van der Waals surface area contributed by atoms with E-state index in [4.69, 9.17) is 14.2 Å². The van der Waals surface area contributed by atoms with Crippen LogP contribution in [0.3, 0.4) is 0 Å². The summed E-state index contributed by atoms with van der Waals surface area (Å²) in [4.78, 5) is 81.9. The van der Waals surface area contributed by atoms with Gasteiger partial charge in [0.05, 0.1) is 65.0 Å². The number of unbranched alkanes of at least 4 members (excludes halogenated alkanes) is 2. The summed E-state index contributed by atoms with van der Waals surface area (Å²) in [6, 6.07) is 12.8. The highest BCUT2D eigenvalue weighted by molar-refractivity contribution is 7.86. The molecule has 3 aromatic rings. The highest BCUT2D eigenvalue weighted by Crippen LogP contribution is 2.49. The van der Waals surface area contributed by atoms with Crippen molar-refractivity contribution < 1.29 is 115 Å². The van der Waals surface area contributed by atoms with Crippen LogP contribution >= 0.6 is 0 Å². The number of hydrogen-bond donors (Lipinski definition) is 10. The van der Waals surface area contributed by atoms with Crippen LogP contribution in [0.25, 0.3) is 0 Å². The minimum Gasteiger partial charge on any atom is -0.480 e. The topological polar surface area (TPSA) is 457 Å². The molecule has 0 radical (unpaired) electrons. The number of nitrogens with one attached hydrogen (secondary N) is 3. The molecule has 0 spiro atoms. The second-order valence-electron chi connectivity index (χ2n) is 28.4. The number of carboxylic acids is 1. The van der Waals surface area contributed by atoms with Gasteiger partial charge in [0.25, 0.3) is 40.5 Å². The van der Waals surface area contributed by atoms with Crippen molar-refractivity contribution >= 4 is 100 Å². The van der Waals surface area contributed by atoms with Crippen LogP contribution in [0.4, 0.5) is 11.4 Å². The van der Waals surface area contributed by atoms with Gasteiger partial charge < -0.3 is 60.0 Å². The average molecular weight is 1560 g/mol. The van der Waals surface area contributed by atoms with E-state index in [1.54, 1.807) is 36.4 Å². The lowest BCUT2D eigenvalue weighted by molar-refractivity contribution is -0.438. The van der Waals surface area contributed by atoms with Crippen molar-refractivity contribution in [2.24, 2.45) is 11.8 Å². The van der Waals surface area contributed by atoms with Crippen LogP contribution < -0.4 is 25.6 Å². The number of aliphatic carboxylic acids is 1. The molecule has 3 fully saturated rings. The minimum atomic E-state index is -4.63. The molecule has 0 saturated carbocycles. The van der Waals surface area contributed by atoms with Gasteiger partial charge in [0.1, 0.15) is 30.1 Å². The molecular formula is C70H93BN7O24S4+. The Hall–Kier alpha value is -7.75. The van der Waals surface area contributed by atoms with Gasteiger partial charge in [-0.2, -0.15) is 38.2 Å². The normalized spacial score (nSPS) is 21.3. The van der Waals surface area contributed by atoms with Crippen molar-refractivity contribution in [3.8, 4) is 5.75 Å². The van der Waals surface area contributed by atoms with Gasteiger partial charge in [-0.25, -0.2) is 4.79 Å². The Kier molecular flexibility index (Phi) is 26.9. The standard InChI is InChI=1S/C70H92BN7O24S4/c1-69(2)53-42-51(105(94,95)96)20-22-57(53)76(29-5-7-37-103(88,89)90)59(69)24-16-46-11-9-12-47(17-25-60-70(3,4)54-43-52(106(97,98)99)21-23-58(54)77(60)30-6-8-38-104(91,92)93)64(46)102-50-18-14-45(15-19-50)39-56(68(84)85)73-62(79)27-33-100-35-36-101-34-28-72-65(81)48-26-32-75(44-48)63(80)41-49-40-55(74-66(49)82)67(83)78-31-10-13-61(78)71(86)87/h14-25,42-43,48-49,55-56,61,86-87H,5-13,26-41,44H2,1-4H3,(H7-,72,73,74,79,81,82,84,85,88,89,90,91,92,93,94,95,96,97,98,99)/p+1/t48?,49-,55-,56-,61-/m0/s1. The zero-order valence-corrected chi connectivity index (χ0v) is 62.7. The summed E-state index contributed by atoms with van der Waals surface area (Å²) in [5.74, 6) is -5.56. The molecule has 1 unspecified atom stereocenters. The second kappa shape index (κ2) is 34.7. The van der Waals surface area contributed by atoms with Crippen molar-refractivity contribution in [3.05, 3.63) is 124 Å². The Balaban J connectivity index is 0.827. The predicted molar refractivity (Wildman–Crippen MR) is 387 cm³/mol. The number of fused-ring (bicyclic) bond motifs is 2. The Bertz CT molecular complexity index is 4480. The van der Waals surface area contributed by atoms with Crippen LogP contribution in [0.5, 0.6) is 5.75 Å². The summed E-state index contributed by atoms with van der Waals surface area (Å²) in [5.41, 5.74) is 3.72. The second-order valence-corrected chi connectivity index (χ2v) is 34.4. The molecule has 1 aliphatic carbocycles. The number of allylic oxidation sites excluding steroid dienone is 7. The molecule has 9 rings (SSSR count). The van der Waals surface area contributed by atoms with Crippen LogP contribution in [0.2, 0.25) is 0 Å². The Morgan fingerprint density at radius 2 is 1.42 bits per heavy atom. The van der Waals surface area contributed by atoms with Crippen molar-refractivity contribution in [1.82, 2.24) is 25.8 Å². The van der Waals surface area contributed by atoms with E-state index in [0.29, 0.717) is 127 Å². The maximum absolute atomic E-state index is 13.2. The molecule has 5 amide bonds. The van der Waals surface area contributed by atoms with E-state index in [9.17, 15) is 95.8 Å². The first-order chi connectivity index (χ1) is 49.8. The third-order valence-corrected chi connectivity index (χ3v) is 23.4. The van der Waals surface area contributed by atoms with E-state index in [-0.39, 0.29) is 113 Å². The number of ether oxygens (including phenoxy) is 3. The zero-order valence-electron chi connectivity index (χ0n) is 59.4. The summed E-state index contributed by atoms with van der Waals surface area (Å²) in [6.07, 6.45) is 10.8. The summed E-state index contributed by atoms with van der Waals surface area (Å²) in [7, 11) is -19.5. The molecule has 36 heteroatoms. The van der Waals surface area contributed by atoms with E-state index >= 15 is 0 Å². The number of benzene rings is 3. The number of carboxylic acid groups (broad SMARTS) is 1. The van der Waals surface area contributed by atoms with Crippen molar-refractivity contribution in [3.63, 3.8) is 0 Å². The van der Waals surface area contributed by atoms with Crippen LogP contribution in [0.15, 0.2) is 117 Å². The number of carbonyl (C=O) groups excluding carboxylic acids is 5. The highest BCUT2D eigenvalue weighted by atomic mass is 32.2. The van der Waals surface area contributed by atoms with Gasteiger partial charge in [-0.3, -0.25) is 42.2 Å². The summed E-state index contributed by atoms with van der Waals surface area (Å²) < 4.78 is 156. The minimum absolute atomic E-state index is 0.0671. The summed E-state index contributed by atoms with van der Waals surface area (Å²) in [6.45, 7) is 9.18. The van der Waals surface area contributed by atoms with Gasteiger partial charge in [0.15, 0.2) is 5.71 Å². The predicted octanol–water partition coefficient (Wildman–Crippen LogP) is 3.97. The first kappa shape index (κ1) is 82.3. The maximum atomic E-state index is 13.2. The number of rotatable bonds is 35. The molecule has 3 saturated heterocycles. The Labute approximate surface area is 617 Å². The lowest BCUT2D eigenvalue weighted by Crippen LogP contribution is -2.51. The first-order valence-electron chi connectivity index (χ1n) is 35.2. The fourth-order valence-corrected chi connectivity index (χ4v) is 16.7. The smallest absolute Gasteiger partial charge is 0.475 e. The van der Waals surface area contributed by atoms with Gasteiger partial charge in [-0.1, -0.05) is 32.1 Å². The molecular weight excluding hydrogens is 1460 g/mol. The molecule has 5 aliphatic heterocycles. The Morgan fingerprint density at radius 1 is 0.755 bits per heavy atom. The van der Waals surface area contributed by atoms with E-state index in [0.717, 1.165) is 0 Å². The average Bonchev–Trinajstić information content (AvgIpc) is 1.59. The van der Waals surface area contributed by atoms with Crippen molar-refractivity contribution in [2.75, 3.05) is 82.1 Å². The molecule has 6 aliphatic rings. The molecule has 106 heavy (non-hydrogen) atoms. The third kappa shape index (κ3) is 21.1. The number of hydrogen-bond acceptors (Lipinski definition) is 20. The van der Waals surface area contributed by atoms with Crippen molar-refractivity contribution in [1.29, 1.82) is 0 Å². The van der Waals surface area contributed by atoms with E-state index in [1.165, 1.54) is 34.1 Å². The molecule has 578 valence electrons. The largest absolute Gasteiger partial charge is 0.480 e. The van der Waals surface area contributed by atoms with Crippen LogP contribution in [-0.2, 0) is 96.0 Å². The Morgan fingerprint density at radius 3 is 2.08 bits per heavy atom. The number of nitrogens with zero attached hydrogens (tertiary/aromatic N) is 4. The SMILES string of the molecule is CC1(C)C(/C=C/C2=C(Oc3ccc(C[C@H](NC(=O)CCOCCOCCNC(=O)C4CCN(C(=O)C[C@@H]5C[C@@H](C(=O)N6CCC[C@H]6B(O)O)NC5=O)C4)C(=O)O)cc3)C(=C/C=C3/N(CCCCS(=O)(=O)O)c4ccc(S(=O)(=O)O)cc4C3(C)C)/CCC2)=[N+](CCCCS(=O)(=O)O)c2ccc(S(=O)(=O)O)cc21. The quantitative estimate of drug-likeness (QED) is 0.0172. The fraction of sp³-hybridized carbons (Fsp3) is 0.529. The lowest BCUT2D eigenvalue weighted by atomic mass is 9.77. The van der Waals surface area contributed by atoms with Crippen LogP contribution in [-0.4, -0.2) is 225 Å². The zero-order chi connectivity index (χ0) is 77.3. The van der Waals surface area contributed by atoms with Gasteiger partial charge in [0, 0.05) is 98.8 Å². The van der Waals surface area contributed by atoms with Gasteiger partial charge >= 0.3 is 13.1 Å². The summed E-state index contributed by atoms with van der Waals surface area (Å²) in [5, 5.41) is 37.6. The molecule has 0 aromatic heterocycles. The first-order valence-corrected chi connectivity index (χ1v) is 41.3. The molecule has 3 aromatic carbocycles. The monoisotopic (exact) mass is 1550 g/mol. The molecule has 10 N–H and O–H groups in total. The van der Waals surface area contributed by atoms with Crippen LogP contribution in [0.1, 0.15) is 128 Å². The van der Waals surface area contributed by atoms with E-state index in [1.807, 2.05) is 61.5 Å². The molecule has 0 bridgehead atoms. The highest BCUT2D eigenvalue weighted by Gasteiger charge is 2.47. The molecule has 5 heterocycles. The molecule has 31 nitrogen and oxygen atoms in total.